The molecule has 4 aliphatic carbocycles. The van der Waals surface area contributed by atoms with Crippen LogP contribution in [0.1, 0.15) is 51.5 Å². The van der Waals surface area contributed by atoms with Crippen molar-refractivity contribution in [3.8, 4) is 5.75 Å². The van der Waals surface area contributed by atoms with Crippen molar-refractivity contribution in [1.82, 2.24) is 5.32 Å². The predicted molar refractivity (Wildman–Crippen MR) is 144 cm³/mol. The molecule has 1 aliphatic heterocycles. The van der Waals surface area contributed by atoms with Crippen molar-refractivity contribution >= 4 is 40.7 Å². The number of benzene rings is 1. The molecule has 2 amide bonds. The summed E-state index contributed by atoms with van der Waals surface area (Å²) in [7, 11) is 0. The van der Waals surface area contributed by atoms with Crippen molar-refractivity contribution in [1.29, 1.82) is 0 Å². The highest BCUT2D eigenvalue weighted by Gasteiger charge is 2.65. The molecule has 1 aromatic rings. The van der Waals surface area contributed by atoms with E-state index in [1.807, 2.05) is 6.08 Å². The van der Waals surface area contributed by atoms with E-state index in [0.29, 0.717) is 12.0 Å². The highest BCUT2D eigenvalue weighted by molar-refractivity contribution is 8.18. The number of nitrogens with one attached hydrogen (secondary N) is 1. The van der Waals surface area contributed by atoms with Crippen LogP contribution in [0, 0.1) is 28.6 Å². The number of hydrogen-bond donors (Lipinski definition) is 3. The van der Waals surface area contributed by atoms with Gasteiger partial charge in [-0.2, -0.15) is 0 Å². The van der Waals surface area contributed by atoms with E-state index in [1.54, 1.807) is 42.5 Å². The van der Waals surface area contributed by atoms with Crippen molar-refractivity contribution in [2.24, 2.45) is 28.6 Å². The van der Waals surface area contributed by atoms with E-state index >= 15 is 0 Å². The summed E-state index contributed by atoms with van der Waals surface area (Å²) in [5.74, 6) is -0.863. The molecule has 0 aromatic heterocycles. The fourth-order valence-corrected chi connectivity index (χ4v) is 8.71. The van der Waals surface area contributed by atoms with E-state index in [0.717, 1.165) is 30.2 Å². The summed E-state index contributed by atoms with van der Waals surface area (Å²) in [4.78, 5) is 48.8. The van der Waals surface area contributed by atoms with E-state index in [9.17, 15) is 29.4 Å². The molecule has 9 heteroatoms. The Morgan fingerprint density at radius 1 is 1.15 bits per heavy atom. The van der Waals surface area contributed by atoms with Gasteiger partial charge in [0.05, 0.1) is 11.0 Å². The third-order valence-electron chi connectivity index (χ3n) is 9.67. The summed E-state index contributed by atoms with van der Waals surface area (Å²) in [6, 6.07) is 6.51. The summed E-state index contributed by atoms with van der Waals surface area (Å²) < 4.78 is 5.63. The average Bonchev–Trinajstić information content (AvgIpc) is 3.34. The Hall–Kier alpha value is -3.01. The zero-order valence-corrected chi connectivity index (χ0v) is 22.6. The van der Waals surface area contributed by atoms with Crippen molar-refractivity contribution in [2.75, 3.05) is 0 Å². The Morgan fingerprint density at radius 3 is 2.59 bits per heavy atom. The van der Waals surface area contributed by atoms with E-state index in [4.69, 9.17) is 4.74 Å². The van der Waals surface area contributed by atoms with Gasteiger partial charge in [-0.3, -0.25) is 19.7 Å². The van der Waals surface area contributed by atoms with Crippen LogP contribution in [0.2, 0.25) is 0 Å². The predicted octanol–water partition coefficient (Wildman–Crippen LogP) is 3.93. The fraction of sp³-hybridized carbons (Fsp3) is 0.467. The second-order valence-electron chi connectivity index (χ2n) is 12.2. The van der Waals surface area contributed by atoms with Gasteiger partial charge in [-0.15, -0.1) is 0 Å². The largest absolute Gasteiger partial charge is 0.424 e. The van der Waals surface area contributed by atoms with Crippen molar-refractivity contribution in [3.05, 3.63) is 58.5 Å². The molecule has 3 saturated carbocycles. The standard InChI is InChI=1S/C30H31NO7S/c1-28-14-22(33)24-20(8-5-17-12-18(32)9-10-29(17,24)2)21(28)13-30(37,15-28)26(35)38-19-6-3-16(4-7-19)11-23-25(34)31-27(36)39-23/h3-4,6-7,9-12,20-22,24,33,37H,5,8,13-15H2,1-2H3,(H,31,34,36)/b23-11-/t20?,21?,22?,24?,28-,29+,30-/m1/s1. The van der Waals surface area contributed by atoms with Crippen molar-refractivity contribution in [3.63, 3.8) is 0 Å². The first-order chi connectivity index (χ1) is 18.4. The number of ketones is 1. The molecule has 5 aliphatic rings. The molecule has 204 valence electrons. The molecule has 0 radical (unpaired) electrons. The summed E-state index contributed by atoms with van der Waals surface area (Å²) in [5, 5.41) is 24.8. The molecule has 6 rings (SSSR count). The highest BCUT2D eigenvalue weighted by atomic mass is 32.2. The molecular weight excluding hydrogens is 518 g/mol. The average molecular weight is 550 g/mol. The topological polar surface area (TPSA) is 130 Å². The van der Waals surface area contributed by atoms with Gasteiger partial charge in [-0.25, -0.2) is 4.79 Å². The van der Waals surface area contributed by atoms with Crippen LogP contribution in [-0.4, -0.2) is 44.8 Å². The van der Waals surface area contributed by atoms with Crippen LogP contribution >= 0.6 is 11.8 Å². The minimum Gasteiger partial charge on any atom is -0.424 e. The molecule has 4 fully saturated rings. The van der Waals surface area contributed by atoms with E-state index in [-0.39, 0.29) is 47.0 Å². The first kappa shape index (κ1) is 26.2. The lowest BCUT2D eigenvalue weighted by molar-refractivity contribution is -0.155. The minimum atomic E-state index is -1.68. The normalized spacial score (nSPS) is 40.1. The summed E-state index contributed by atoms with van der Waals surface area (Å²) >= 11 is 0.826. The smallest absolute Gasteiger partial charge is 0.343 e. The number of aliphatic hydroxyl groups is 2. The highest BCUT2D eigenvalue weighted by Crippen LogP contribution is 2.66. The van der Waals surface area contributed by atoms with Gasteiger partial charge in [0.15, 0.2) is 11.4 Å². The van der Waals surface area contributed by atoms with Gasteiger partial charge in [0.2, 0.25) is 0 Å². The first-order valence-corrected chi connectivity index (χ1v) is 14.1. The Morgan fingerprint density at radius 2 is 1.90 bits per heavy atom. The number of carbonyl (C=O) groups excluding carboxylic acids is 4. The molecule has 4 unspecified atom stereocenters. The number of aliphatic hydroxyl groups excluding tert-OH is 1. The van der Waals surface area contributed by atoms with E-state index in [2.05, 4.69) is 19.2 Å². The Kier molecular flexibility index (Phi) is 6.06. The maximum absolute atomic E-state index is 13.3. The zero-order chi connectivity index (χ0) is 27.7. The number of hydrogen-bond acceptors (Lipinski definition) is 8. The fourth-order valence-electron chi connectivity index (χ4n) is 8.03. The second kappa shape index (κ2) is 9.01. The molecule has 1 aromatic carbocycles. The monoisotopic (exact) mass is 549 g/mol. The van der Waals surface area contributed by atoms with Gasteiger partial charge in [0.25, 0.3) is 11.1 Å². The summed E-state index contributed by atoms with van der Waals surface area (Å²) in [6.45, 7) is 4.15. The molecule has 0 spiro atoms. The third-order valence-corrected chi connectivity index (χ3v) is 10.5. The van der Waals surface area contributed by atoms with Gasteiger partial charge in [0, 0.05) is 11.3 Å². The quantitative estimate of drug-likeness (QED) is 0.294. The van der Waals surface area contributed by atoms with Crippen LogP contribution in [0.4, 0.5) is 4.79 Å². The maximum Gasteiger partial charge on any atom is 0.343 e. The molecule has 8 nitrogen and oxygen atoms in total. The Balaban J connectivity index is 1.19. The number of fused-ring (bicyclic) bond motifs is 5. The lowest BCUT2D eigenvalue weighted by Gasteiger charge is -2.57. The second-order valence-corrected chi connectivity index (χ2v) is 13.2. The molecular formula is C30H31NO7S. The lowest BCUT2D eigenvalue weighted by atomic mass is 9.47. The molecule has 3 N–H and O–H groups in total. The SMILES string of the molecule is C[C@]12CC(O)C3C(CCC4=CC(=O)C=C[C@@]43C)C1C[C@](O)(C(=O)Oc1ccc(/C=C3\SC(=O)NC3=O)cc1)C2. The minimum absolute atomic E-state index is 0.0169. The third kappa shape index (κ3) is 4.31. The van der Waals surface area contributed by atoms with Gasteiger partial charge >= 0.3 is 5.97 Å². The Labute approximate surface area is 230 Å². The van der Waals surface area contributed by atoms with Crippen LogP contribution in [0.3, 0.4) is 0 Å². The number of esters is 1. The maximum atomic E-state index is 13.3. The zero-order valence-electron chi connectivity index (χ0n) is 21.8. The van der Waals surface area contributed by atoms with Gasteiger partial charge in [-0.1, -0.05) is 37.6 Å². The van der Waals surface area contributed by atoms with Gasteiger partial charge in [-0.05, 0) is 97.0 Å². The number of allylic oxidation sites excluding steroid dienone is 4. The molecule has 0 bridgehead atoms. The molecule has 39 heavy (non-hydrogen) atoms. The molecule has 1 saturated heterocycles. The number of rotatable bonds is 3. The lowest BCUT2D eigenvalue weighted by Crippen LogP contribution is -2.54. The van der Waals surface area contributed by atoms with Crippen LogP contribution in [0.15, 0.2) is 53.0 Å². The molecule has 1 heterocycles. The number of amides is 2. The molecule has 7 atom stereocenters. The van der Waals surface area contributed by atoms with Gasteiger partial charge in [0.1, 0.15) is 5.75 Å². The number of thioether (sulfide) groups is 1. The van der Waals surface area contributed by atoms with Crippen LogP contribution < -0.4 is 10.1 Å². The number of carbonyl (C=O) groups is 4. The van der Waals surface area contributed by atoms with Crippen LogP contribution in [-0.2, 0) is 14.4 Å². The number of imide groups is 1. The number of ether oxygens (including phenoxy) is 1. The van der Waals surface area contributed by atoms with E-state index < -0.39 is 39.7 Å². The Bertz CT molecular complexity index is 1380. The van der Waals surface area contributed by atoms with Crippen LogP contribution in [0.25, 0.3) is 6.08 Å². The van der Waals surface area contributed by atoms with Crippen LogP contribution in [0.5, 0.6) is 5.75 Å². The first-order valence-electron chi connectivity index (χ1n) is 13.3. The van der Waals surface area contributed by atoms with Crippen molar-refractivity contribution < 1.29 is 34.1 Å². The van der Waals surface area contributed by atoms with Gasteiger partial charge < -0.3 is 14.9 Å². The van der Waals surface area contributed by atoms with E-state index in [1.165, 1.54) is 0 Å². The summed E-state index contributed by atoms with van der Waals surface area (Å²) in [6.07, 6.45) is 8.71. The van der Waals surface area contributed by atoms with Crippen molar-refractivity contribution in [2.45, 2.75) is 57.7 Å². The summed E-state index contributed by atoms with van der Waals surface area (Å²) in [5.41, 5.74) is -0.793.